The number of pyridine rings is 1. The van der Waals surface area contributed by atoms with Crippen LogP contribution in [0.3, 0.4) is 0 Å². The van der Waals surface area contributed by atoms with Crippen LogP contribution in [0.15, 0.2) is 41.3 Å². The number of nitrogens with zero attached hydrogens (tertiary/aromatic N) is 1. The zero-order valence-corrected chi connectivity index (χ0v) is 10.6. The zero-order chi connectivity index (χ0) is 13.7. The average Bonchev–Trinajstić information content (AvgIpc) is 2.45. The molecule has 0 bridgehead atoms. The molecule has 0 spiro atoms. The maximum atomic E-state index is 12.2. The van der Waals surface area contributed by atoms with Gasteiger partial charge in [0.2, 0.25) is 5.91 Å². The van der Waals surface area contributed by atoms with Crippen molar-refractivity contribution in [3.63, 3.8) is 0 Å². The number of nitrogens with one attached hydrogen (secondary N) is 1. The molecule has 1 aromatic carbocycles. The summed E-state index contributed by atoms with van der Waals surface area (Å²) in [5, 5.41) is 1.68. The van der Waals surface area contributed by atoms with Crippen LogP contribution in [0.1, 0.15) is 19.3 Å². The fourth-order valence-corrected chi connectivity index (χ4v) is 2.05. The molecular weight excluding hydrogens is 242 g/mol. The van der Waals surface area contributed by atoms with E-state index in [0.29, 0.717) is 19.4 Å². The second kappa shape index (κ2) is 6.15. The van der Waals surface area contributed by atoms with Gasteiger partial charge in [-0.1, -0.05) is 18.2 Å². The van der Waals surface area contributed by atoms with Crippen molar-refractivity contribution in [2.24, 2.45) is 5.84 Å². The van der Waals surface area contributed by atoms with Crippen LogP contribution in [0.4, 0.5) is 0 Å². The predicted octanol–water partition coefficient (Wildman–Crippen LogP) is 1.16. The first-order valence-electron chi connectivity index (χ1n) is 6.30. The lowest BCUT2D eigenvalue weighted by Gasteiger charge is -2.07. The minimum absolute atomic E-state index is 0.0152. The molecule has 0 aliphatic carbocycles. The fraction of sp³-hybridized carbons (Fsp3) is 0.286. The van der Waals surface area contributed by atoms with Gasteiger partial charge in [0, 0.05) is 24.5 Å². The molecule has 1 amide bonds. The number of amides is 1. The van der Waals surface area contributed by atoms with E-state index in [9.17, 15) is 9.59 Å². The molecular formula is C14H17N3O2. The van der Waals surface area contributed by atoms with Crippen LogP contribution in [0.25, 0.3) is 10.8 Å². The lowest BCUT2D eigenvalue weighted by atomic mass is 10.1. The monoisotopic (exact) mass is 259 g/mol. The molecule has 0 fully saturated rings. The fourth-order valence-electron chi connectivity index (χ4n) is 2.05. The molecule has 0 saturated heterocycles. The summed E-state index contributed by atoms with van der Waals surface area (Å²) in [5.41, 5.74) is 2.11. The molecule has 2 aromatic rings. The van der Waals surface area contributed by atoms with E-state index in [1.54, 1.807) is 10.8 Å². The molecule has 19 heavy (non-hydrogen) atoms. The summed E-state index contributed by atoms with van der Waals surface area (Å²) in [7, 11) is 0. The number of fused-ring (bicyclic) bond motifs is 1. The normalized spacial score (nSPS) is 10.6. The minimum atomic E-state index is -0.175. The predicted molar refractivity (Wildman–Crippen MR) is 74.4 cm³/mol. The van der Waals surface area contributed by atoms with Crippen LogP contribution in [0, 0.1) is 0 Å². The number of benzene rings is 1. The van der Waals surface area contributed by atoms with E-state index in [0.717, 1.165) is 17.2 Å². The van der Waals surface area contributed by atoms with E-state index in [2.05, 4.69) is 5.43 Å². The van der Waals surface area contributed by atoms with Crippen molar-refractivity contribution in [3.8, 4) is 0 Å². The molecule has 3 N–H and O–H groups in total. The molecule has 0 saturated carbocycles. The van der Waals surface area contributed by atoms with Gasteiger partial charge in [-0.2, -0.15) is 0 Å². The highest BCUT2D eigenvalue weighted by Gasteiger charge is 2.02. The Morgan fingerprint density at radius 1 is 1.21 bits per heavy atom. The van der Waals surface area contributed by atoms with Gasteiger partial charge >= 0.3 is 0 Å². The molecule has 0 unspecified atom stereocenters. The van der Waals surface area contributed by atoms with Crippen molar-refractivity contribution in [3.05, 3.63) is 46.9 Å². The third-order valence-corrected chi connectivity index (χ3v) is 3.10. The summed E-state index contributed by atoms with van der Waals surface area (Å²) in [6.07, 6.45) is 3.67. The van der Waals surface area contributed by atoms with Crippen molar-refractivity contribution in [2.75, 3.05) is 0 Å². The Labute approximate surface area is 111 Å². The number of aryl methyl sites for hydroxylation is 1. The van der Waals surface area contributed by atoms with Gasteiger partial charge < -0.3 is 4.57 Å². The molecule has 100 valence electrons. The molecule has 5 heteroatoms. The van der Waals surface area contributed by atoms with Crippen LogP contribution in [-0.2, 0) is 11.3 Å². The summed E-state index contributed by atoms with van der Waals surface area (Å²) in [5.74, 6) is 4.82. The number of nitrogens with two attached hydrogens (primary N) is 1. The van der Waals surface area contributed by atoms with E-state index in [1.165, 1.54) is 0 Å². The van der Waals surface area contributed by atoms with Crippen LogP contribution in [-0.4, -0.2) is 10.5 Å². The van der Waals surface area contributed by atoms with Gasteiger partial charge in [0.15, 0.2) is 0 Å². The summed E-state index contributed by atoms with van der Waals surface area (Å²) in [6, 6.07) is 9.46. The lowest BCUT2D eigenvalue weighted by molar-refractivity contribution is -0.121. The first-order valence-corrected chi connectivity index (χ1v) is 6.30. The second-order valence-corrected chi connectivity index (χ2v) is 4.43. The smallest absolute Gasteiger partial charge is 0.258 e. The third kappa shape index (κ3) is 3.20. The molecule has 0 atom stereocenters. The molecule has 1 aromatic heterocycles. The van der Waals surface area contributed by atoms with Gasteiger partial charge in [-0.25, -0.2) is 5.84 Å². The largest absolute Gasteiger partial charge is 0.315 e. The van der Waals surface area contributed by atoms with Crippen LogP contribution in [0.2, 0.25) is 0 Å². The maximum absolute atomic E-state index is 12.2. The Morgan fingerprint density at radius 3 is 2.79 bits per heavy atom. The average molecular weight is 259 g/mol. The number of unbranched alkanes of at least 4 members (excludes halogenated alkanes) is 1. The quantitative estimate of drug-likeness (QED) is 0.366. The highest BCUT2D eigenvalue weighted by molar-refractivity contribution is 5.81. The van der Waals surface area contributed by atoms with Crippen LogP contribution in [0.5, 0.6) is 0 Å². The van der Waals surface area contributed by atoms with Gasteiger partial charge in [0.1, 0.15) is 0 Å². The highest BCUT2D eigenvalue weighted by atomic mass is 16.2. The van der Waals surface area contributed by atoms with Crippen molar-refractivity contribution >= 4 is 16.7 Å². The topological polar surface area (TPSA) is 77.1 Å². The van der Waals surface area contributed by atoms with Crippen LogP contribution < -0.4 is 16.8 Å². The number of carbonyl (C=O) groups excluding carboxylic acids is 1. The summed E-state index contributed by atoms with van der Waals surface area (Å²) >= 11 is 0. The minimum Gasteiger partial charge on any atom is -0.315 e. The van der Waals surface area contributed by atoms with Crippen molar-refractivity contribution in [2.45, 2.75) is 25.8 Å². The van der Waals surface area contributed by atoms with E-state index < -0.39 is 0 Å². The molecule has 0 aliphatic rings. The molecule has 5 nitrogen and oxygen atoms in total. The number of rotatable bonds is 5. The first kappa shape index (κ1) is 13.3. The standard InChI is InChI=1S/C14H17N3O2/c15-16-13(18)7-3-4-9-17-10-8-11-5-1-2-6-12(11)14(17)19/h1-2,5-6,8,10H,3-4,7,9,15H2,(H,16,18). The van der Waals surface area contributed by atoms with E-state index >= 15 is 0 Å². The van der Waals surface area contributed by atoms with Crippen molar-refractivity contribution in [1.82, 2.24) is 9.99 Å². The summed E-state index contributed by atoms with van der Waals surface area (Å²) in [4.78, 5) is 23.1. The molecule has 0 radical (unpaired) electrons. The van der Waals surface area contributed by atoms with E-state index in [4.69, 9.17) is 5.84 Å². The summed E-state index contributed by atoms with van der Waals surface area (Å²) in [6.45, 7) is 0.613. The van der Waals surface area contributed by atoms with Gasteiger partial charge in [-0.05, 0) is 30.4 Å². The number of carbonyl (C=O) groups is 1. The number of hydrogen-bond acceptors (Lipinski definition) is 3. The lowest BCUT2D eigenvalue weighted by Crippen LogP contribution is -2.29. The highest BCUT2D eigenvalue weighted by Crippen LogP contribution is 2.08. The number of hydrogen-bond donors (Lipinski definition) is 2. The molecule has 2 rings (SSSR count). The Balaban J connectivity index is 2.03. The number of aromatic nitrogens is 1. The van der Waals surface area contributed by atoms with Gasteiger partial charge in [-0.15, -0.1) is 0 Å². The van der Waals surface area contributed by atoms with E-state index in [-0.39, 0.29) is 11.5 Å². The Kier molecular flexibility index (Phi) is 4.30. The van der Waals surface area contributed by atoms with Gasteiger partial charge in [0.25, 0.3) is 5.56 Å². The zero-order valence-electron chi connectivity index (χ0n) is 10.6. The summed E-state index contributed by atoms with van der Waals surface area (Å²) < 4.78 is 1.68. The Bertz CT molecular complexity index is 634. The van der Waals surface area contributed by atoms with Crippen molar-refractivity contribution < 1.29 is 4.79 Å². The molecule has 1 heterocycles. The SMILES string of the molecule is NNC(=O)CCCCn1ccc2ccccc2c1=O. The maximum Gasteiger partial charge on any atom is 0.258 e. The van der Waals surface area contributed by atoms with Crippen molar-refractivity contribution in [1.29, 1.82) is 0 Å². The third-order valence-electron chi connectivity index (χ3n) is 3.10. The van der Waals surface area contributed by atoms with E-state index in [1.807, 2.05) is 30.3 Å². The second-order valence-electron chi connectivity index (χ2n) is 4.43. The Morgan fingerprint density at radius 2 is 2.00 bits per heavy atom. The van der Waals surface area contributed by atoms with Crippen LogP contribution >= 0.6 is 0 Å². The molecule has 0 aliphatic heterocycles. The number of hydrazine groups is 1. The Hall–Kier alpha value is -2.14. The van der Waals surface area contributed by atoms with Gasteiger partial charge in [0.05, 0.1) is 0 Å². The first-order chi connectivity index (χ1) is 9.22. The van der Waals surface area contributed by atoms with Gasteiger partial charge in [-0.3, -0.25) is 15.0 Å².